The molecule has 3 nitrogen and oxygen atoms in total. The van der Waals surface area contributed by atoms with E-state index in [1.807, 2.05) is 12.1 Å². The average molecular weight is 250 g/mol. The lowest BCUT2D eigenvalue weighted by Crippen LogP contribution is -2.11. The molecule has 0 radical (unpaired) electrons. The van der Waals surface area contributed by atoms with E-state index in [0.29, 0.717) is 11.5 Å². The van der Waals surface area contributed by atoms with Gasteiger partial charge in [-0.1, -0.05) is 19.4 Å². The van der Waals surface area contributed by atoms with E-state index < -0.39 is 6.10 Å². The third-order valence-electron chi connectivity index (χ3n) is 3.09. The molecular weight excluding hydrogens is 228 g/mol. The first-order valence-electron chi connectivity index (χ1n) is 6.20. The summed E-state index contributed by atoms with van der Waals surface area (Å²) in [7, 11) is 3.20. The highest BCUT2D eigenvalue weighted by atomic mass is 16.5. The largest absolute Gasteiger partial charge is 0.497 e. The summed E-state index contributed by atoms with van der Waals surface area (Å²) < 4.78 is 10.5. The summed E-state index contributed by atoms with van der Waals surface area (Å²) in [6.07, 6.45) is 3.12. The standard InChI is InChI=1S/C15H22O3/c1-5-7-11(6-2)15(16)13-9-8-12(17-3)10-14(13)18-4/h6,8-11,15-16H,2,5,7H2,1,3-4H3. The van der Waals surface area contributed by atoms with Crippen LogP contribution in [0.4, 0.5) is 0 Å². The van der Waals surface area contributed by atoms with Gasteiger partial charge in [-0.25, -0.2) is 0 Å². The van der Waals surface area contributed by atoms with Gasteiger partial charge in [-0.3, -0.25) is 0 Å². The molecule has 3 heteroatoms. The van der Waals surface area contributed by atoms with Crippen LogP contribution in [-0.4, -0.2) is 19.3 Å². The summed E-state index contributed by atoms with van der Waals surface area (Å²) >= 11 is 0. The molecule has 1 aromatic rings. The molecule has 0 aromatic heterocycles. The predicted octanol–water partition coefficient (Wildman–Crippen LogP) is 3.34. The Morgan fingerprint density at radius 1 is 1.33 bits per heavy atom. The Morgan fingerprint density at radius 2 is 2.06 bits per heavy atom. The highest BCUT2D eigenvalue weighted by Crippen LogP contribution is 2.35. The van der Waals surface area contributed by atoms with Gasteiger partial charge in [0.25, 0.3) is 0 Å². The molecule has 1 rings (SSSR count). The van der Waals surface area contributed by atoms with E-state index in [0.717, 1.165) is 18.4 Å². The van der Waals surface area contributed by atoms with Crippen molar-refractivity contribution >= 4 is 0 Å². The Kier molecular flexibility index (Phi) is 5.72. The molecule has 2 atom stereocenters. The quantitative estimate of drug-likeness (QED) is 0.754. The molecule has 0 fully saturated rings. The molecule has 0 saturated heterocycles. The number of benzene rings is 1. The van der Waals surface area contributed by atoms with Gasteiger partial charge in [0.15, 0.2) is 0 Å². The van der Waals surface area contributed by atoms with Crippen LogP contribution < -0.4 is 9.47 Å². The summed E-state index contributed by atoms with van der Waals surface area (Å²) in [5.74, 6) is 1.40. The zero-order valence-corrected chi connectivity index (χ0v) is 11.3. The van der Waals surface area contributed by atoms with Crippen LogP contribution in [0.25, 0.3) is 0 Å². The van der Waals surface area contributed by atoms with Gasteiger partial charge in [-0.2, -0.15) is 0 Å². The molecule has 1 aromatic carbocycles. The Balaban J connectivity index is 3.03. The van der Waals surface area contributed by atoms with Crippen LogP contribution in [0.5, 0.6) is 11.5 Å². The van der Waals surface area contributed by atoms with Crippen molar-refractivity contribution in [3.63, 3.8) is 0 Å². The van der Waals surface area contributed by atoms with Crippen molar-refractivity contribution < 1.29 is 14.6 Å². The second kappa shape index (κ2) is 7.07. The Morgan fingerprint density at radius 3 is 2.56 bits per heavy atom. The van der Waals surface area contributed by atoms with Crippen molar-refractivity contribution in [2.45, 2.75) is 25.9 Å². The van der Waals surface area contributed by atoms with Gasteiger partial charge in [-0.15, -0.1) is 6.58 Å². The van der Waals surface area contributed by atoms with Crippen molar-refractivity contribution in [1.82, 2.24) is 0 Å². The number of ether oxygens (including phenoxy) is 2. The molecule has 0 amide bonds. The molecule has 0 heterocycles. The van der Waals surface area contributed by atoms with Gasteiger partial charge < -0.3 is 14.6 Å². The van der Waals surface area contributed by atoms with Gasteiger partial charge in [-0.05, 0) is 18.6 Å². The molecule has 0 aliphatic carbocycles. The van der Waals surface area contributed by atoms with Crippen LogP contribution in [0, 0.1) is 5.92 Å². The van der Waals surface area contributed by atoms with Gasteiger partial charge in [0.2, 0.25) is 0 Å². The summed E-state index contributed by atoms with van der Waals surface area (Å²) in [5, 5.41) is 10.4. The second-order valence-corrected chi connectivity index (χ2v) is 4.24. The van der Waals surface area contributed by atoms with E-state index in [4.69, 9.17) is 9.47 Å². The number of aliphatic hydroxyl groups is 1. The molecule has 2 unspecified atom stereocenters. The van der Waals surface area contributed by atoms with Gasteiger partial charge in [0.1, 0.15) is 11.5 Å². The van der Waals surface area contributed by atoms with Crippen LogP contribution in [0.1, 0.15) is 31.4 Å². The van der Waals surface area contributed by atoms with Crippen molar-refractivity contribution in [3.05, 3.63) is 36.4 Å². The number of aliphatic hydroxyl groups excluding tert-OH is 1. The molecule has 0 bridgehead atoms. The molecule has 0 saturated carbocycles. The monoisotopic (exact) mass is 250 g/mol. The van der Waals surface area contributed by atoms with Gasteiger partial charge >= 0.3 is 0 Å². The SMILES string of the molecule is C=CC(CCC)C(O)c1ccc(OC)cc1OC. The second-order valence-electron chi connectivity index (χ2n) is 4.24. The first kappa shape index (κ1) is 14.6. The van der Waals surface area contributed by atoms with Crippen LogP contribution in [0.3, 0.4) is 0 Å². The van der Waals surface area contributed by atoms with Crippen LogP contribution in [0.15, 0.2) is 30.9 Å². The number of hydrogen-bond donors (Lipinski definition) is 1. The van der Waals surface area contributed by atoms with E-state index >= 15 is 0 Å². The smallest absolute Gasteiger partial charge is 0.128 e. The fraction of sp³-hybridized carbons (Fsp3) is 0.467. The van der Waals surface area contributed by atoms with E-state index in [2.05, 4.69) is 13.5 Å². The average Bonchev–Trinajstić information content (AvgIpc) is 2.43. The summed E-state index contributed by atoms with van der Waals surface area (Å²) in [6.45, 7) is 5.88. The minimum absolute atomic E-state index is 0.0392. The minimum atomic E-state index is -0.594. The first-order chi connectivity index (χ1) is 8.67. The highest BCUT2D eigenvalue weighted by Gasteiger charge is 2.21. The molecular formula is C15H22O3. The fourth-order valence-corrected chi connectivity index (χ4v) is 2.03. The third-order valence-corrected chi connectivity index (χ3v) is 3.09. The molecule has 100 valence electrons. The van der Waals surface area contributed by atoms with Crippen LogP contribution in [0.2, 0.25) is 0 Å². The zero-order chi connectivity index (χ0) is 13.5. The molecule has 1 N–H and O–H groups in total. The lowest BCUT2D eigenvalue weighted by atomic mass is 9.91. The van der Waals surface area contributed by atoms with E-state index in [1.54, 1.807) is 26.4 Å². The van der Waals surface area contributed by atoms with E-state index in [1.165, 1.54) is 0 Å². The summed E-state index contributed by atoms with van der Waals surface area (Å²) in [5.41, 5.74) is 0.775. The maximum Gasteiger partial charge on any atom is 0.128 e. The molecule has 0 spiro atoms. The maximum atomic E-state index is 10.4. The molecule has 18 heavy (non-hydrogen) atoms. The normalized spacial score (nSPS) is 13.8. The minimum Gasteiger partial charge on any atom is -0.497 e. The fourth-order valence-electron chi connectivity index (χ4n) is 2.03. The predicted molar refractivity (Wildman–Crippen MR) is 73.1 cm³/mol. The topological polar surface area (TPSA) is 38.7 Å². The van der Waals surface area contributed by atoms with Crippen molar-refractivity contribution in [1.29, 1.82) is 0 Å². The maximum absolute atomic E-state index is 10.4. The Labute approximate surface area is 109 Å². The van der Waals surface area contributed by atoms with Crippen LogP contribution >= 0.6 is 0 Å². The van der Waals surface area contributed by atoms with Crippen LogP contribution in [-0.2, 0) is 0 Å². The zero-order valence-electron chi connectivity index (χ0n) is 11.3. The Hall–Kier alpha value is -1.48. The van der Waals surface area contributed by atoms with Gasteiger partial charge in [0.05, 0.1) is 20.3 Å². The van der Waals surface area contributed by atoms with Crippen molar-refractivity contribution in [3.8, 4) is 11.5 Å². The lowest BCUT2D eigenvalue weighted by Gasteiger charge is -2.21. The third kappa shape index (κ3) is 3.26. The van der Waals surface area contributed by atoms with E-state index in [-0.39, 0.29) is 5.92 Å². The van der Waals surface area contributed by atoms with Crippen molar-refractivity contribution in [2.24, 2.45) is 5.92 Å². The molecule has 0 aliphatic rings. The van der Waals surface area contributed by atoms with Crippen molar-refractivity contribution in [2.75, 3.05) is 14.2 Å². The highest BCUT2D eigenvalue weighted by molar-refractivity contribution is 5.42. The molecule has 0 aliphatic heterocycles. The summed E-state index contributed by atoms with van der Waals surface area (Å²) in [6, 6.07) is 5.45. The lowest BCUT2D eigenvalue weighted by molar-refractivity contribution is 0.123. The number of rotatable bonds is 7. The first-order valence-corrected chi connectivity index (χ1v) is 6.20. The summed E-state index contributed by atoms with van der Waals surface area (Å²) in [4.78, 5) is 0. The van der Waals surface area contributed by atoms with E-state index in [9.17, 15) is 5.11 Å². The van der Waals surface area contributed by atoms with Gasteiger partial charge in [0, 0.05) is 17.5 Å². The number of methoxy groups -OCH3 is 2. The number of hydrogen-bond acceptors (Lipinski definition) is 3. The Bertz CT molecular complexity index is 387.